The normalized spacial score (nSPS) is 14.0. The highest BCUT2D eigenvalue weighted by atomic mass is 32.3. The summed E-state index contributed by atoms with van der Waals surface area (Å²) >= 11 is 3.83. The second-order valence-corrected chi connectivity index (χ2v) is 19.8. The minimum atomic E-state index is -1.26. The van der Waals surface area contributed by atoms with Gasteiger partial charge < -0.3 is 4.90 Å². The molecule has 248 valence electrons. The maximum Gasteiger partial charge on any atom is 0.0640 e. The van der Waals surface area contributed by atoms with Crippen molar-refractivity contribution < 1.29 is 0 Å². The zero-order valence-corrected chi connectivity index (χ0v) is 31.2. The Morgan fingerprint density at radius 3 is 1.87 bits per heavy atom. The molecule has 0 radical (unpaired) electrons. The quantitative estimate of drug-likeness (QED) is 0.175. The summed E-state index contributed by atoms with van der Waals surface area (Å²) in [7, 11) is -1.26. The molecule has 0 saturated heterocycles. The highest BCUT2D eigenvalue weighted by Gasteiger charge is 2.35. The Hall–Kier alpha value is -5.39. The van der Waals surface area contributed by atoms with Gasteiger partial charge in [-0.25, -0.2) is 0 Å². The number of anilines is 3. The molecule has 1 aliphatic rings. The van der Waals surface area contributed by atoms with Crippen LogP contribution in [0.3, 0.4) is 0 Å². The van der Waals surface area contributed by atoms with Gasteiger partial charge in [0.25, 0.3) is 0 Å². The van der Waals surface area contributed by atoms with Gasteiger partial charge in [-0.2, -0.15) is 10.0 Å². The highest BCUT2D eigenvalue weighted by molar-refractivity contribution is 8.33. The highest BCUT2D eigenvalue weighted by Crippen LogP contribution is 2.69. The molecule has 0 saturated carbocycles. The molecule has 0 unspecified atom stereocenters. The lowest BCUT2D eigenvalue weighted by molar-refractivity contribution is 1.28. The number of thiophene rings is 2. The van der Waals surface area contributed by atoms with Crippen molar-refractivity contribution in [1.82, 2.24) is 0 Å². The third-order valence-corrected chi connectivity index (χ3v) is 16.2. The first kappa shape index (κ1) is 30.3. The van der Waals surface area contributed by atoms with Crippen LogP contribution in [0.4, 0.5) is 17.1 Å². The maximum atomic E-state index is 2.51. The predicted octanol–water partition coefficient (Wildman–Crippen LogP) is 15.2. The number of hydrogen-bond acceptors (Lipinski definition) is 3. The topological polar surface area (TPSA) is 3.24 Å². The molecule has 1 aliphatic heterocycles. The fourth-order valence-electron chi connectivity index (χ4n) is 8.36. The monoisotopic (exact) mass is 719 g/mol. The SMILES string of the molecule is CS1(C)c2cc(N(c3ccc(-c4ccc5ccccc5c4)cc3)c3cccc4c3sc3ccccc34)ccc2-c2c1ccc1c2sc2ccccc21. The van der Waals surface area contributed by atoms with Crippen LogP contribution in [0.5, 0.6) is 0 Å². The molecule has 52 heavy (non-hydrogen) atoms. The number of hydrogen-bond donors (Lipinski definition) is 0. The number of fused-ring (bicyclic) bond motifs is 11. The van der Waals surface area contributed by atoms with Crippen molar-refractivity contribution in [2.75, 3.05) is 17.4 Å². The summed E-state index contributed by atoms with van der Waals surface area (Å²) < 4.78 is 5.41. The molecule has 0 N–H and O–H groups in total. The lowest BCUT2D eigenvalue weighted by Gasteiger charge is -2.31. The van der Waals surface area contributed by atoms with E-state index in [1.54, 1.807) is 0 Å². The van der Waals surface area contributed by atoms with Gasteiger partial charge in [-0.1, -0.05) is 109 Å². The number of benzene rings is 8. The van der Waals surface area contributed by atoms with E-state index >= 15 is 0 Å². The van der Waals surface area contributed by atoms with Gasteiger partial charge >= 0.3 is 0 Å². The molecule has 0 aliphatic carbocycles. The Kier molecular flexibility index (Phi) is 6.58. The van der Waals surface area contributed by atoms with Crippen molar-refractivity contribution in [2.24, 2.45) is 0 Å². The Balaban J connectivity index is 1.10. The van der Waals surface area contributed by atoms with Crippen LogP contribution in [-0.4, -0.2) is 12.5 Å². The number of nitrogens with zero attached hydrogens (tertiary/aromatic N) is 1. The van der Waals surface area contributed by atoms with Gasteiger partial charge in [0.05, 0.1) is 10.4 Å². The van der Waals surface area contributed by atoms with Gasteiger partial charge in [0.2, 0.25) is 0 Å². The molecule has 4 heteroatoms. The Bertz CT molecular complexity index is 3060. The van der Waals surface area contributed by atoms with Crippen molar-refractivity contribution in [1.29, 1.82) is 0 Å². The molecular formula is C48H33NS3. The molecule has 10 aromatic rings. The van der Waals surface area contributed by atoms with Gasteiger partial charge in [0, 0.05) is 62.4 Å². The van der Waals surface area contributed by atoms with Crippen LogP contribution < -0.4 is 4.90 Å². The van der Waals surface area contributed by atoms with Gasteiger partial charge in [-0.15, -0.1) is 22.7 Å². The van der Waals surface area contributed by atoms with Gasteiger partial charge in [0.15, 0.2) is 0 Å². The summed E-state index contributed by atoms with van der Waals surface area (Å²) in [4.78, 5) is 5.46. The molecule has 3 heterocycles. The van der Waals surface area contributed by atoms with Crippen LogP contribution in [0.2, 0.25) is 0 Å². The van der Waals surface area contributed by atoms with E-state index in [4.69, 9.17) is 0 Å². The van der Waals surface area contributed by atoms with Crippen molar-refractivity contribution in [3.63, 3.8) is 0 Å². The standard InChI is InChI=1S/C48H33NS3/c1-52(2)44-27-26-39-37-13-6-8-17-43(37)51-48(39)46(44)40-25-24-35(29-45(40)52)49(41-15-9-14-38-36-12-5-7-16-42(36)50-47(38)41)34-22-20-31(21-23-34)33-19-18-30-10-3-4-11-32(30)28-33/h3-29H,1-2H3. The van der Waals surface area contributed by atoms with E-state index in [9.17, 15) is 0 Å². The summed E-state index contributed by atoms with van der Waals surface area (Å²) in [5.41, 5.74) is 8.86. The molecule has 0 fully saturated rings. The minimum absolute atomic E-state index is 1.16. The Morgan fingerprint density at radius 1 is 0.442 bits per heavy atom. The van der Waals surface area contributed by atoms with E-state index in [0.29, 0.717) is 0 Å². The van der Waals surface area contributed by atoms with Crippen molar-refractivity contribution in [3.8, 4) is 22.3 Å². The number of rotatable bonds is 4. The molecule has 8 aromatic carbocycles. The largest absolute Gasteiger partial charge is 0.309 e. The van der Waals surface area contributed by atoms with Gasteiger partial charge in [-0.05, 0) is 94.6 Å². The zero-order valence-electron chi connectivity index (χ0n) is 28.8. The third-order valence-electron chi connectivity index (χ3n) is 10.9. The fraction of sp³-hybridized carbons (Fsp3) is 0.0417. The van der Waals surface area contributed by atoms with E-state index in [1.165, 1.54) is 94.5 Å². The van der Waals surface area contributed by atoms with Crippen LogP contribution >= 0.6 is 32.7 Å². The lowest BCUT2D eigenvalue weighted by Crippen LogP contribution is -2.10. The average molecular weight is 720 g/mol. The first-order valence-corrected chi connectivity index (χ1v) is 21.7. The predicted molar refractivity (Wildman–Crippen MR) is 231 cm³/mol. The van der Waals surface area contributed by atoms with E-state index in [1.807, 2.05) is 22.7 Å². The molecule has 0 bridgehead atoms. The first-order chi connectivity index (χ1) is 25.5. The van der Waals surface area contributed by atoms with E-state index < -0.39 is 10.0 Å². The molecule has 0 amide bonds. The molecule has 1 nitrogen and oxygen atoms in total. The van der Waals surface area contributed by atoms with Crippen LogP contribution in [-0.2, 0) is 0 Å². The summed E-state index contributed by atoms with van der Waals surface area (Å²) in [5, 5.41) is 7.89. The van der Waals surface area contributed by atoms with E-state index in [2.05, 4.69) is 181 Å². The summed E-state index contributed by atoms with van der Waals surface area (Å²) in [6.45, 7) is 0. The van der Waals surface area contributed by atoms with Crippen molar-refractivity contribution >= 4 is 101 Å². The van der Waals surface area contributed by atoms with Crippen molar-refractivity contribution in [3.05, 3.63) is 164 Å². The van der Waals surface area contributed by atoms with Crippen LogP contribution in [0.1, 0.15) is 0 Å². The van der Waals surface area contributed by atoms with E-state index in [-0.39, 0.29) is 0 Å². The zero-order chi connectivity index (χ0) is 34.6. The smallest absolute Gasteiger partial charge is 0.0640 e. The first-order valence-electron chi connectivity index (χ1n) is 17.6. The lowest BCUT2D eigenvalue weighted by atomic mass is 10.0. The Morgan fingerprint density at radius 2 is 1.08 bits per heavy atom. The summed E-state index contributed by atoms with van der Waals surface area (Å²) in [6, 6.07) is 61.1. The van der Waals surface area contributed by atoms with Crippen LogP contribution in [0.15, 0.2) is 174 Å². The minimum Gasteiger partial charge on any atom is -0.309 e. The van der Waals surface area contributed by atoms with E-state index in [0.717, 1.165) is 5.69 Å². The maximum absolute atomic E-state index is 2.51. The molecule has 0 spiro atoms. The second-order valence-electron chi connectivity index (χ2n) is 14.1. The third kappa shape index (κ3) is 4.42. The van der Waals surface area contributed by atoms with Crippen LogP contribution in [0, 0.1) is 0 Å². The van der Waals surface area contributed by atoms with Crippen molar-refractivity contribution in [2.45, 2.75) is 9.79 Å². The van der Waals surface area contributed by atoms with Crippen LogP contribution in [0.25, 0.3) is 73.4 Å². The average Bonchev–Trinajstić information content (AvgIpc) is 3.83. The molecule has 2 aromatic heterocycles. The molecule has 11 rings (SSSR count). The fourth-order valence-corrected chi connectivity index (χ4v) is 13.4. The summed E-state index contributed by atoms with van der Waals surface area (Å²) in [6.07, 6.45) is 4.96. The Labute approximate surface area is 312 Å². The second kappa shape index (κ2) is 11.3. The van der Waals surface area contributed by atoms with Gasteiger partial charge in [-0.3, -0.25) is 0 Å². The molecule has 0 atom stereocenters. The summed E-state index contributed by atoms with van der Waals surface area (Å²) in [5.74, 6) is 0. The molecular weight excluding hydrogens is 687 g/mol. The van der Waals surface area contributed by atoms with Gasteiger partial charge in [0.1, 0.15) is 0 Å².